The van der Waals surface area contributed by atoms with Crippen LogP contribution >= 0.6 is 0 Å². The van der Waals surface area contributed by atoms with E-state index in [1.165, 1.54) is 76.5 Å². The molecular weight excluding hydrogens is 579 g/mol. The van der Waals surface area contributed by atoms with Crippen molar-refractivity contribution < 1.29 is 0 Å². The summed E-state index contributed by atoms with van der Waals surface area (Å²) >= 11 is 0. The second-order valence-electron chi connectivity index (χ2n) is 12.6. The summed E-state index contributed by atoms with van der Waals surface area (Å²) in [6.45, 7) is 2.24. The Kier molecular flexibility index (Phi) is 6.83. The van der Waals surface area contributed by atoms with Crippen molar-refractivity contribution in [1.82, 2.24) is 4.98 Å². The molecule has 0 aliphatic heterocycles. The van der Waals surface area contributed by atoms with Gasteiger partial charge in [-0.3, -0.25) is 4.98 Å². The number of aromatic nitrogens is 1. The summed E-state index contributed by atoms with van der Waals surface area (Å²) in [6.07, 6.45) is 2.94. The molecule has 226 valence electrons. The molecule has 1 heterocycles. The van der Waals surface area contributed by atoms with E-state index < -0.39 is 0 Å². The third kappa shape index (κ3) is 4.67. The van der Waals surface area contributed by atoms with Crippen molar-refractivity contribution in [2.24, 2.45) is 0 Å². The van der Waals surface area contributed by atoms with E-state index in [1.807, 2.05) is 6.20 Å². The van der Waals surface area contributed by atoms with E-state index in [2.05, 4.69) is 171 Å². The molecular formula is C47H33N. The maximum Gasteiger partial charge on any atom is 0.0708 e. The minimum Gasteiger partial charge on any atom is -0.256 e. The fourth-order valence-electron chi connectivity index (χ4n) is 7.56. The van der Waals surface area contributed by atoms with Gasteiger partial charge in [0, 0.05) is 11.8 Å². The first kappa shape index (κ1) is 28.2. The molecule has 0 atom stereocenters. The van der Waals surface area contributed by atoms with E-state index in [4.69, 9.17) is 4.98 Å². The topological polar surface area (TPSA) is 12.9 Å². The van der Waals surface area contributed by atoms with Crippen LogP contribution in [-0.4, -0.2) is 4.98 Å². The molecule has 0 saturated heterocycles. The highest BCUT2D eigenvalue weighted by Gasteiger charge is 2.18. The van der Waals surface area contributed by atoms with E-state index in [-0.39, 0.29) is 0 Å². The van der Waals surface area contributed by atoms with E-state index in [9.17, 15) is 0 Å². The van der Waals surface area contributed by atoms with Crippen molar-refractivity contribution >= 4 is 43.1 Å². The smallest absolute Gasteiger partial charge is 0.0708 e. The number of hydrogen-bond acceptors (Lipinski definition) is 1. The maximum atomic E-state index is 4.74. The predicted octanol–water partition coefficient (Wildman–Crippen LogP) is 12.9. The molecule has 0 aliphatic rings. The van der Waals surface area contributed by atoms with Crippen molar-refractivity contribution in [3.05, 3.63) is 176 Å². The molecule has 0 spiro atoms. The Labute approximate surface area is 280 Å². The molecule has 0 saturated carbocycles. The van der Waals surface area contributed by atoms with Gasteiger partial charge < -0.3 is 0 Å². The Balaban J connectivity index is 1.18. The molecule has 0 bridgehead atoms. The maximum absolute atomic E-state index is 4.74. The molecule has 0 amide bonds. The largest absolute Gasteiger partial charge is 0.256 e. The number of hydrogen-bond donors (Lipinski definition) is 0. The van der Waals surface area contributed by atoms with Crippen LogP contribution < -0.4 is 0 Å². The third-order valence-electron chi connectivity index (χ3n) is 9.91. The highest BCUT2D eigenvalue weighted by molar-refractivity contribution is 6.23. The van der Waals surface area contributed by atoms with Crippen LogP contribution in [0.25, 0.3) is 87.7 Å². The normalized spacial score (nSPS) is 11.5. The summed E-state index contributed by atoms with van der Waals surface area (Å²) in [5, 5.41) is 10.2. The number of rotatable bonds is 5. The molecule has 48 heavy (non-hydrogen) atoms. The van der Waals surface area contributed by atoms with Gasteiger partial charge in [-0.05, 0) is 107 Å². The van der Waals surface area contributed by atoms with Gasteiger partial charge in [0.1, 0.15) is 0 Å². The monoisotopic (exact) mass is 611 g/mol. The van der Waals surface area contributed by atoms with Crippen LogP contribution in [0.2, 0.25) is 0 Å². The Bertz CT molecular complexity index is 2590. The first-order chi connectivity index (χ1) is 23.8. The van der Waals surface area contributed by atoms with Gasteiger partial charge >= 0.3 is 0 Å². The van der Waals surface area contributed by atoms with Crippen LogP contribution in [0, 0.1) is 0 Å². The highest BCUT2D eigenvalue weighted by Crippen LogP contribution is 2.45. The first-order valence-electron chi connectivity index (χ1n) is 16.8. The van der Waals surface area contributed by atoms with Crippen LogP contribution in [0.3, 0.4) is 0 Å². The SMILES string of the molecule is CCc1ccc(-c2c3ccccc3c(-c3ccc(-c4ccnc(-c5ccc6ccccc6c5)c4)cc3)c3ccccc23)c2ccccc12. The van der Waals surface area contributed by atoms with Gasteiger partial charge in [0.05, 0.1) is 5.69 Å². The van der Waals surface area contributed by atoms with Crippen molar-refractivity contribution in [2.75, 3.05) is 0 Å². The lowest BCUT2D eigenvalue weighted by atomic mass is 9.84. The van der Waals surface area contributed by atoms with Crippen LogP contribution in [-0.2, 0) is 6.42 Å². The van der Waals surface area contributed by atoms with Gasteiger partial charge in [-0.1, -0.05) is 153 Å². The summed E-state index contributed by atoms with van der Waals surface area (Å²) in [4.78, 5) is 4.74. The Morgan fingerprint density at radius 3 is 1.65 bits per heavy atom. The lowest BCUT2D eigenvalue weighted by Gasteiger charge is -2.19. The van der Waals surface area contributed by atoms with Gasteiger partial charge in [-0.25, -0.2) is 0 Å². The van der Waals surface area contributed by atoms with Crippen LogP contribution in [0.1, 0.15) is 12.5 Å². The molecule has 0 fully saturated rings. The predicted molar refractivity (Wildman–Crippen MR) is 205 cm³/mol. The Morgan fingerprint density at radius 2 is 0.958 bits per heavy atom. The molecule has 1 nitrogen and oxygen atoms in total. The summed E-state index contributed by atoms with van der Waals surface area (Å²) in [5.74, 6) is 0. The second kappa shape index (κ2) is 11.6. The summed E-state index contributed by atoms with van der Waals surface area (Å²) in [5.41, 5.74) is 10.9. The molecule has 1 heteroatoms. The van der Waals surface area contributed by atoms with Gasteiger partial charge in [0.25, 0.3) is 0 Å². The van der Waals surface area contributed by atoms with E-state index in [1.54, 1.807) is 0 Å². The standard InChI is InChI=1S/C47H33N/c1-2-31-25-26-44(39-14-6-5-13-38(31)39)47-42-17-9-7-15-40(42)46(41-16-8-10-18-43(41)47)34-22-19-33(20-23-34)36-27-28-48-45(30-36)37-24-21-32-11-3-4-12-35(32)29-37/h3-30H,2H2,1H3. The third-order valence-corrected chi connectivity index (χ3v) is 9.91. The number of pyridine rings is 1. The van der Waals surface area contributed by atoms with Crippen LogP contribution in [0.4, 0.5) is 0 Å². The van der Waals surface area contributed by atoms with E-state index in [0.29, 0.717) is 0 Å². The van der Waals surface area contributed by atoms with Gasteiger partial charge in [0.2, 0.25) is 0 Å². The number of nitrogens with zero attached hydrogens (tertiary/aromatic N) is 1. The number of aryl methyl sites for hydroxylation is 1. The molecule has 0 N–H and O–H groups in total. The quantitative estimate of drug-likeness (QED) is 0.176. The average molecular weight is 612 g/mol. The Hall–Kier alpha value is -6.05. The fourth-order valence-corrected chi connectivity index (χ4v) is 7.56. The average Bonchev–Trinajstić information content (AvgIpc) is 3.16. The van der Waals surface area contributed by atoms with Crippen molar-refractivity contribution in [3.63, 3.8) is 0 Å². The number of benzene rings is 8. The van der Waals surface area contributed by atoms with Crippen LogP contribution in [0.15, 0.2) is 170 Å². The molecule has 9 aromatic rings. The summed E-state index contributed by atoms with van der Waals surface area (Å²) in [6, 6.07) is 59.8. The molecule has 1 aromatic heterocycles. The zero-order chi connectivity index (χ0) is 32.0. The molecule has 9 rings (SSSR count). The fraction of sp³-hybridized carbons (Fsp3) is 0.0426. The van der Waals surface area contributed by atoms with E-state index in [0.717, 1.165) is 23.2 Å². The zero-order valence-corrected chi connectivity index (χ0v) is 26.8. The molecule has 0 radical (unpaired) electrons. The minimum atomic E-state index is 0.981. The summed E-state index contributed by atoms with van der Waals surface area (Å²) in [7, 11) is 0. The lowest BCUT2D eigenvalue weighted by molar-refractivity contribution is 1.16. The highest BCUT2D eigenvalue weighted by atomic mass is 14.7. The van der Waals surface area contributed by atoms with Crippen LogP contribution in [0.5, 0.6) is 0 Å². The first-order valence-corrected chi connectivity index (χ1v) is 16.8. The molecule has 0 aliphatic carbocycles. The van der Waals surface area contributed by atoms with Gasteiger partial charge in [-0.15, -0.1) is 0 Å². The molecule has 0 unspecified atom stereocenters. The Morgan fingerprint density at radius 1 is 0.396 bits per heavy atom. The van der Waals surface area contributed by atoms with E-state index >= 15 is 0 Å². The summed E-state index contributed by atoms with van der Waals surface area (Å²) < 4.78 is 0. The number of fused-ring (bicyclic) bond motifs is 4. The molecule has 8 aromatic carbocycles. The second-order valence-corrected chi connectivity index (χ2v) is 12.6. The van der Waals surface area contributed by atoms with Crippen molar-refractivity contribution in [3.8, 4) is 44.6 Å². The zero-order valence-electron chi connectivity index (χ0n) is 26.8. The van der Waals surface area contributed by atoms with Gasteiger partial charge in [-0.2, -0.15) is 0 Å². The van der Waals surface area contributed by atoms with Crippen molar-refractivity contribution in [1.29, 1.82) is 0 Å². The minimum absolute atomic E-state index is 0.981. The van der Waals surface area contributed by atoms with Gasteiger partial charge in [0.15, 0.2) is 0 Å². The van der Waals surface area contributed by atoms with Crippen molar-refractivity contribution in [2.45, 2.75) is 13.3 Å². The lowest BCUT2D eigenvalue weighted by Crippen LogP contribution is -1.93.